The molecule has 0 atom stereocenters. The fourth-order valence-electron chi connectivity index (χ4n) is 1.28. The summed E-state index contributed by atoms with van der Waals surface area (Å²) in [7, 11) is 0. The Balaban J connectivity index is 2.21. The topological polar surface area (TPSA) is 42.4 Å². The van der Waals surface area contributed by atoms with Gasteiger partial charge in [-0.25, -0.2) is 9.37 Å². The summed E-state index contributed by atoms with van der Waals surface area (Å²) in [5.74, 6) is -0.994. The number of halogens is 2. The summed E-state index contributed by atoms with van der Waals surface area (Å²) in [4.78, 5) is 3.38. The third-order valence-corrected chi connectivity index (χ3v) is 2.11. The van der Waals surface area contributed by atoms with Crippen molar-refractivity contribution in [1.82, 2.24) is 4.98 Å². The molecule has 1 heterocycles. The molecule has 0 amide bonds. The molecule has 0 aliphatic rings. The summed E-state index contributed by atoms with van der Waals surface area (Å²) in [5.41, 5.74) is 0.451. The van der Waals surface area contributed by atoms with Crippen molar-refractivity contribution in [1.29, 1.82) is 0 Å². The number of aromatic nitrogens is 1. The molecule has 0 saturated carbocycles. The van der Waals surface area contributed by atoms with Gasteiger partial charge in [0.25, 0.3) is 0 Å². The summed E-state index contributed by atoms with van der Waals surface area (Å²) in [6.45, 7) is -0.241. The Labute approximate surface area is 96.3 Å². The normalized spacial score (nSPS) is 10.3. The van der Waals surface area contributed by atoms with E-state index in [1.54, 1.807) is 0 Å². The zero-order chi connectivity index (χ0) is 12.3. The van der Waals surface area contributed by atoms with Crippen molar-refractivity contribution in [3.63, 3.8) is 0 Å². The summed E-state index contributed by atoms with van der Waals surface area (Å²) in [6, 6.07) is 6.57. The second-order valence-corrected chi connectivity index (χ2v) is 3.34. The SMILES string of the molecule is OCc1ccc(Oc2ccc(F)nc2)c(F)c1. The van der Waals surface area contributed by atoms with Crippen molar-refractivity contribution in [2.75, 3.05) is 0 Å². The first-order valence-corrected chi connectivity index (χ1v) is 4.88. The van der Waals surface area contributed by atoms with Gasteiger partial charge in [-0.2, -0.15) is 4.39 Å². The first-order valence-electron chi connectivity index (χ1n) is 4.88. The van der Waals surface area contributed by atoms with E-state index in [9.17, 15) is 8.78 Å². The van der Waals surface area contributed by atoms with E-state index in [1.165, 1.54) is 24.3 Å². The van der Waals surface area contributed by atoms with Crippen LogP contribution < -0.4 is 4.74 Å². The lowest BCUT2D eigenvalue weighted by molar-refractivity contribution is 0.281. The number of ether oxygens (including phenoxy) is 1. The smallest absolute Gasteiger partial charge is 0.213 e. The fourth-order valence-corrected chi connectivity index (χ4v) is 1.28. The van der Waals surface area contributed by atoms with Gasteiger partial charge in [-0.1, -0.05) is 6.07 Å². The molecule has 2 rings (SSSR count). The number of rotatable bonds is 3. The maximum absolute atomic E-state index is 13.5. The highest BCUT2D eigenvalue weighted by Gasteiger charge is 2.06. The Bertz CT molecular complexity index is 514. The molecular weight excluding hydrogens is 228 g/mol. The maximum atomic E-state index is 13.5. The van der Waals surface area contributed by atoms with E-state index in [2.05, 4.69) is 4.98 Å². The van der Waals surface area contributed by atoms with Gasteiger partial charge in [0.1, 0.15) is 5.75 Å². The average molecular weight is 237 g/mol. The van der Waals surface area contributed by atoms with Gasteiger partial charge in [-0.15, -0.1) is 0 Å². The number of benzene rings is 1. The van der Waals surface area contributed by atoms with E-state index in [4.69, 9.17) is 9.84 Å². The molecule has 0 aliphatic carbocycles. The van der Waals surface area contributed by atoms with Crippen molar-refractivity contribution < 1.29 is 18.6 Å². The van der Waals surface area contributed by atoms with Crippen LogP contribution in [0.4, 0.5) is 8.78 Å². The van der Waals surface area contributed by atoms with E-state index in [-0.39, 0.29) is 18.1 Å². The van der Waals surface area contributed by atoms with Crippen molar-refractivity contribution in [2.45, 2.75) is 6.61 Å². The van der Waals surface area contributed by atoms with Crippen LogP contribution in [0.3, 0.4) is 0 Å². The molecule has 0 fully saturated rings. The second-order valence-electron chi connectivity index (χ2n) is 3.34. The van der Waals surface area contributed by atoms with Crippen LogP contribution in [-0.4, -0.2) is 10.1 Å². The Morgan fingerprint density at radius 2 is 2.00 bits per heavy atom. The summed E-state index contributed by atoms with van der Waals surface area (Å²) in [5, 5.41) is 8.81. The van der Waals surface area contributed by atoms with Crippen molar-refractivity contribution >= 4 is 0 Å². The minimum absolute atomic E-state index is 0.00407. The summed E-state index contributed by atoms with van der Waals surface area (Å²) >= 11 is 0. The van der Waals surface area contributed by atoms with Gasteiger partial charge in [0.2, 0.25) is 5.95 Å². The molecule has 5 heteroatoms. The van der Waals surface area contributed by atoms with Crippen LogP contribution in [0.25, 0.3) is 0 Å². The number of nitrogens with zero attached hydrogens (tertiary/aromatic N) is 1. The minimum Gasteiger partial charge on any atom is -0.453 e. The quantitative estimate of drug-likeness (QED) is 0.834. The highest BCUT2D eigenvalue weighted by Crippen LogP contribution is 2.24. The largest absolute Gasteiger partial charge is 0.453 e. The molecule has 1 aromatic heterocycles. The Kier molecular flexibility index (Phi) is 3.30. The van der Waals surface area contributed by atoms with Crippen LogP contribution in [0.2, 0.25) is 0 Å². The molecule has 0 bridgehead atoms. The van der Waals surface area contributed by atoms with Crippen LogP contribution in [0.5, 0.6) is 11.5 Å². The molecule has 3 nitrogen and oxygen atoms in total. The van der Waals surface area contributed by atoms with Crippen LogP contribution in [0, 0.1) is 11.8 Å². The van der Waals surface area contributed by atoms with Crippen molar-refractivity contribution in [3.8, 4) is 11.5 Å². The number of hydrogen-bond acceptors (Lipinski definition) is 3. The number of pyridine rings is 1. The molecule has 0 spiro atoms. The van der Waals surface area contributed by atoms with Crippen LogP contribution in [-0.2, 0) is 6.61 Å². The van der Waals surface area contributed by atoms with E-state index in [1.807, 2.05) is 0 Å². The van der Waals surface area contributed by atoms with Gasteiger partial charge in [-0.05, 0) is 29.8 Å². The van der Waals surface area contributed by atoms with Crippen molar-refractivity contribution in [2.24, 2.45) is 0 Å². The van der Waals surface area contributed by atoms with Crippen molar-refractivity contribution in [3.05, 3.63) is 53.9 Å². The lowest BCUT2D eigenvalue weighted by Gasteiger charge is -2.07. The monoisotopic (exact) mass is 237 g/mol. The first kappa shape index (κ1) is 11.5. The van der Waals surface area contributed by atoms with E-state index in [0.29, 0.717) is 5.56 Å². The maximum Gasteiger partial charge on any atom is 0.213 e. The standard InChI is InChI=1S/C12H9F2NO2/c13-10-5-8(7-16)1-3-11(10)17-9-2-4-12(14)15-6-9/h1-6,16H,7H2. The van der Waals surface area contributed by atoms with Crippen LogP contribution in [0.1, 0.15) is 5.56 Å². The molecule has 0 unspecified atom stereocenters. The highest BCUT2D eigenvalue weighted by molar-refractivity contribution is 5.33. The zero-order valence-corrected chi connectivity index (χ0v) is 8.73. The predicted molar refractivity (Wildman–Crippen MR) is 56.6 cm³/mol. The minimum atomic E-state index is -0.631. The zero-order valence-electron chi connectivity index (χ0n) is 8.73. The van der Waals surface area contributed by atoms with E-state index >= 15 is 0 Å². The number of aliphatic hydroxyl groups is 1. The predicted octanol–water partition coefficient (Wildman–Crippen LogP) is 2.64. The number of hydrogen-bond donors (Lipinski definition) is 1. The highest BCUT2D eigenvalue weighted by atomic mass is 19.1. The molecule has 17 heavy (non-hydrogen) atoms. The lowest BCUT2D eigenvalue weighted by Crippen LogP contribution is -1.92. The molecular formula is C12H9F2NO2. The molecule has 88 valence electrons. The third-order valence-electron chi connectivity index (χ3n) is 2.11. The van der Waals surface area contributed by atoms with E-state index in [0.717, 1.165) is 12.3 Å². The van der Waals surface area contributed by atoms with Gasteiger partial charge in [0.05, 0.1) is 12.8 Å². The van der Waals surface area contributed by atoms with Gasteiger partial charge in [0.15, 0.2) is 11.6 Å². The molecule has 0 aliphatic heterocycles. The Hall–Kier alpha value is -2.01. The Morgan fingerprint density at radius 1 is 1.18 bits per heavy atom. The van der Waals surface area contributed by atoms with E-state index < -0.39 is 11.8 Å². The first-order chi connectivity index (χ1) is 8.19. The third kappa shape index (κ3) is 2.76. The summed E-state index contributed by atoms with van der Waals surface area (Å²) < 4.78 is 31.2. The van der Waals surface area contributed by atoms with Crippen LogP contribution >= 0.6 is 0 Å². The number of aliphatic hydroxyl groups excluding tert-OH is 1. The van der Waals surface area contributed by atoms with Gasteiger partial charge in [0, 0.05) is 0 Å². The molecule has 0 radical (unpaired) electrons. The van der Waals surface area contributed by atoms with Crippen LogP contribution in [0.15, 0.2) is 36.5 Å². The van der Waals surface area contributed by atoms with Gasteiger partial charge < -0.3 is 9.84 Å². The van der Waals surface area contributed by atoms with Gasteiger partial charge in [-0.3, -0.25) is 0 Å². The molecule has 1 N–H and O–H groups in total. The lowest BCUT2D eigenvalue weighted by atomic mass is 10.2. The average Bonchev–Trinajstić information content (AvgIpc) is 2.34. The fraction of sp³-hybridized carbons (Fsp3) is 0.0833. The summed E-state index contributed by atoms with van der Waals surface area (Å²) in [6.07, 6.45) is 1.16. The Morgan fingerprint density at radius 3 is 2.59 bits per heavy atom. The van der Waals surface area contributed by atoms with Gasteiger partial charge >= 0.3 is 0 Å². The molecule has 1 aromatic carbocycles. The molecule has 2 aromatic rings. The molecule has 0 saturated heterocycles. The second kappa shape index (κ2) is 4.88.